The van der Waals surface area contributed by atoms with Crippen LogP contribution in [0.4, 0.5) is 4.79 Å². The van der Waals surface area contributed by atoms with Gasteiger partial charge in [0.25, 0.3) is 0 Å². The number of rotatable bonds is 5. The van der Waals surface area contributed by atoms with E-state index in [9.17, 15) is 9.90 Å². The highest BCUT2D eigenvalue weighted by molar-refractivity contribution is 6.29. The number of carbonyl (C=O) groups is 1. The van der Waals surface area contributed by atoms with E-state index >= 15 is 0 Å². The minimum Gasteiger partial charge on any atom is -0.444 e. The van der Waals surface area contributed by atoms with E-state index in [1.807, 2.05) is 32.9 Å². The topological polar surface area (TPSA) is 96.8 Å². The fourth-order valence-corrected chi connectivity index (χ4v) is 3.59. The average molecular weight is 437 g/mol. The molecule has 1 fully saturated rings. The summed E-state index contributed by atoms with van der Waals surface area (Å²) < 4.78 is 10.6. The normalized spacial score (nSPS) is 17.7. The molecule has 2 aromatic rings. The number of methoxy groups -OCH3 is 1. The molecule has 1 amide bonds. The SMILES string of the molecule is COC(O)C(NC1CCN(C(=O)OC(C)(C)C)CC1)c1ccc2cnc(Cl)cc2n1. The molecule has 2 unspecified atom stereocenters. The molecule has 3 rings (SSSR count). The number of hydrogen-bond donors (Lipinski definition) is 2. The van der Waals surface area contributed by atoms with E-state index in [0.717, 1.165) is 18.2 Å². The molecule has 3 heterocycles. The zero-order valence-corrected chi connectivity index (χ0v) is 18.5. The van der Waals surface area contributed by atoms with E-state index in [-0.39, 0.29) is 12.1 Å². The Kier molecular flexibility index (Phi) is 7.13. The zero-order chi connectivity index (χ0) is 21.9. The molecule has 30 heavy (non-hydrogen) atoms. The van der Waals surface area contributed by atoms with Gasteiger partial charge >= 0.3 is 6.09 Å². The number of pyridine rings is 2. The highest BCUT2D eigenvalue weighted by Gasteiger charge is 2.30. The largest absolute Gasteiger partial charge is 0.444 e. The molecular formula is C21H29ClN4O4. The number of piperidine rings is 1. The third-order valence-electron chi connectivity index (χ3n) is 4.97. The van der Waals surface area contributed by atoms with Crippen molar-refractivity contribution in [1.29, 1.82) is 0 Å². The van der Waals surface area contributed by atoms with Gasteiger partial charge in [0.15, 0.2) is 6.29 Å². The van der Waals surface area contributed by atoms with Crippen molar-refractivity contribution in [3.05, 3.63) is 35.2 Å². The van der Waals surface area contributed by atoms with E-state index in [0.29, 0.717) is 29.5 Å². The van der Waals surface area contributed by atoms with E-state index in [1.165, 1.54) is 7.11 Å². The molecule has 0 bridgehead atoms. The minimum absolute atomic E-state index is 0.0945. The molecule has 1 aliphatic heterocycles. The molecule has 164 valence electrons. The summed E-state index contributed by atoms with van der Waals surface area (Å²) in [6.07, 6.45) is 1.76. The zero-order valence-electron chi connectivity index (χ0n) is 17.8. The maximum Gasteiger partial charge on any atom is 0.410 e. The van der Waals surface area contributed by atoms with Crippen molar-refractivity contribution in [2.45, 2.75) is 57.6 Å². The molecule has 2 aromatic heterocycles. The van der Waals surface area contributed by atoms with Gasteiger partial charge in [0, 0.05) is 43.9 Å². The van der Waals surface area contributed by atoms with Crippen LogP contribution in [-0.2, 0) is 9.47 Å². The first-order valence-electron chi connectivity index (χ1n) is 10.0. The standard InChI is InChI=1S/C21H29ClN4O4/c1-21(2,3)30-20(28)26-9-7-14(8-10-26)24-18(19(27)29-4)15-6-5-13-12-23-17(22)11-16(13)25-15/h5-6,11-12,14,18-19,24,27H,7-10H2,1-4H3. The van der Waals surface area contributed by atoms with E-state index < -0.39 is 17.9 Å². The van der Waals surface area contributed by atoms with Gasteiger partial charge in [-0.25, -0.2) is 9.78 Å². The molecule has 0 spiro atoms. The number of carbonyl (C=O) groups excluding carboxylic acids is 1. The summed E-state index contributed by atoms with van der Waals surface area (Å²) in [5.74, 6) is 0. The molecule has 1 saturated heterocycles. The molecule has 2 N–H and O–H groups in total. The van der Waals surface area contributed by atoms with Gasteiger partial charge in [-0.15, -0.1) is 0 Å². The molecule has 0 radical (unpaired) electrons. The summed E-state index contributed by atoms with van der Waals surface area (Å²) in [7, 11) is 1.45. The summed E-state index contributed by atoms with van der Waals surface area (Å²) in [4.78, 5) is 22.7. The Balaban J connectivity index is 1.69. The summed E-state index contributed by atoms with van der Waals surface area (Å²) in [6.45, 7) is 6.73. The highest BCUT2D eigenvalue weighted by Crippen LogP contribution is 2.24. The van der Waals surface area contributed by atoms with Crippen LogP contribution in [0.25, 0.3) is 10.9 Å². The number of amides is 1. The second-order valence-electron chi connectivity index (χ2n) is 8.45. The Bertz CT molecular complexity index is 881. The maximum absolute atomic E-state index is 12.3. The number of aromatic nitrogens is 2. The number of hydrogen-bond acceptors (Lipinski definition) is 7. The predicted molar refractivity (Wildman–Crippen MR) is 114 cm³/mol. The lowest BCUT2D eigenvalue weighted by molar-refractivity contribution is -0.102. The van der Waals surface area contributed by atoms with Crippen LogP contribution in [0.3, 0.4) is 0 Å². The maximum atomic E-state index is 12.3. The van der Waals surface area contributed by atoms with E-state index in [4.69, 9.17) is 21.1 Å². The highest BCUT2D eigenvalue weighted by atomic mass is 35.5. The Morgan fingerprint density at radius 2 is 2.03 bits per heavy atom. The van der Waals surface area contributed by atoms with Crippen LogP contribution >= 0.6 is 11.6 Å². The van der Waals surface area contributed by atoms with Gasteiger partial charge in [-0.05, 0) is 45.7 Å². The molecule has 1 aliphatic rings. The van der Waals surface area contributed by atoms with Crippen molar-refractivity contribution in [1.82, 2.24) is 20.2 Å². The quantitative estimate of drug-likeness (QED) is 0.548. The first kappa shape index (κ1) is 22.7. The first-order valence-corrected chi connectivity index (χ1v) is 10.4. The summed E-state index contributed by atoms with van der Waals surface area (Å²) in [5.41, 5.74) is 0.830. The number of aliphatic hydroxyl groups is 1. The molecule has 0 aromatic carbocycles. The van der Waals surface area contributed by atoms with Crippen molar-refractivity contribution < 1.29 is 19.4 Å². The lowest BCUT2D eigenvalue weighted by Gasteiger charge is -2.36. The van der Waals surface area contributed by atoms with Gasteiger partial charge in [0.2, 0.25) is 0 Å². The smallest absolute Gasteiger partial charge is 0.410 e. The van der Waals surface area contributed by atoms with Crippen LogP contribution in [0.5, 0.6) is 0 Å². The van der Waals surface area contributed by atoms with Gasteiger partial charge in [0.05, 0.1) is 11.2 Å². The number of fused-ring (bicyclic) bond motifs is 1. The van der Waals surface area contributed by atoms with Gasteiger partial charge in [-0.2, -0.15) is 0 Å². The second-order valence-corrected chi connectivity index (χ2v) is 8.84. The molecular weight excluding hydrogens is 408 g/mol. The molecule has 2 atom stereocenters. The van der Waals surface area contributed by atoms with Crippen LogP contribution in [0, 0.1) is 0 Å². The molecule has 9 heteroatoms. The number of aliphatic hydroxyl groups excluding tert-OH is 1. The Morgan fingerprint density at radius 3 is 2.67 bits per heavy atom. The number of likely N-dealkylation sites (tertiary alicyclic amines) is 1. The van der Waals surface area contributed by atoms with Crippen molar-refractivity contribution in [2.24, 2.45) is 0 Å². The number of halogens is 1. The van der Waals surface area contributed by atoms with Crippen molar-refractivity contribution in [3.63, 3.8) is 0 Å². The summed E-state index contributed by atoms with van der Waals surface area (Å²) >= 11 is 5.99. The van der Waals surface area contributed by atoms with E-state index in [2.05, 4.69) is 15.3 Å². The lowest BCUT2D eigenvalue weighted by atomic mass is 10.0. The van der Waals surface area contributed by atoms with Crippen molar-refractivity contribution in [3.8, 4) is 0 Å². The number of nitrogens with one attached hydrogen (secondary N) is 1. The predicted octanol–water partition coefficient (Wildman–Crippen LogP) is 3.28. The lowest BCUT2D eigenvalue weighted by Crippen LogP contribution is -2.49. The third-order valence-corrected chi connectivity index (χ3v) is 5.18. The van der Waals surface area contributed by atoms with Gasteiger partial charge in [-0.1, -0.05) is 11.6 Å². The van der Waals surface area contributed by atoms with Gasteiger partial charge in [0.1, 0.15) is 16.8 Å². The third kappa shape index (κ3) is 5.78. The minimum atomic E-state index is -1.07. The van der Waals surface area contributed by atoms with Crippen LogP contribution in [-0.4, -0.2) is 64.2 Å². The number of ether oxygens (including phenoxy) is 2. The average Bonchev–Trinajstić information content (AvgIpc) is 2.70. The van der Waals surface area contributed by atoms with Crippen LogP contribution in [0.2, 0.25) is 5.15 Å². The molecule has 0 saturated carbocycles. The molecule has 0 aliphatic carbocycles. The second kappa shape index (κ2) is 9.43. The van der Waals surface area contributed by atoms with Crippen molar-refractivity contribution >= 4 is 28.6 Å². The van der Waals surface area contributed by atoms with Crippen molar-refractivity contribution in [2.75, 3.05) is 20.2 Å². The Morgan fingerprint density at radius 1 is 1.33 bits per heavy atom. The Hall–Kier alpha value is -2.00. The fourth-order valence-electron chi connectivity index (χ4n) is 3.44. The van der Waals surface area contributed by atoms with E-state index in [1.54, 1.807) is 17.2 Å². The number of nitrogens with zero attached hydrogens (tertiary/aromatic N) is 3. The van der Waals surface area contributed by atoms with Crippen LogP contribution in [0.1, 0.15) is 45.3 Å². The van der Waals surface area contributed by atoms with Crippen LogP contribution in [0.15, 0.2) is 24.4 Å². The summed E-state index contributed by atoms with van der Waals surface area (Å²) in [5, 5.41) is 15.1. The molecule has 8 nitrogen and oxygen atoms in total. The van der Waals surface area contributed by atoms with Gasteiger partial charge in [-0.3, -0.25) is 4.98 Å². The Labute approximate surface area is 181 Å². The fraction of sp³-hybridized carbons (Fsp3) is 0.571. The first-order chi connectivity index (χ1) is 14.2. The summed E-state index contributed by atoms with van der Waals surface area (Å²) in [6, 6.07) is 4.99. The monoisotopic (exact) mass is 436 g/mol. The van der Waals surface area contributed by atoms with Gasteiger partial charge < -0.3 is 24.8 Å². The van der Waals surface area contributed by atoms with Crippen LogP contribution < -0.4 is 5.32 Å².